The van der Waals surface area contributed by atoms with Gasteiger partial charge < -0.3 is 9.47 Å². The van der Waals surface area contributed by atoms with Gasteiger partial charge in [0.2, 0.25) is 0 Å². The molecule has 0 aliphatic rings. The summed E-state index contributed by atoms with van der Waals surface area (Å²) in [7, 11) is 0. The number of ketones is 1. The minimum Gasteiger partial charge on any atom is -0.489 e. The fraction of sp³-hybridized carbons (Fsp3) is 0.481. The summed E-state index contributed by atoms with van der Waals surface area (Å²) in [6.45, 7) is 4.70. The highest BCUT2D eigenvalue weighted by Gasteiger charge is 2.29. The van der Waals surface area contributed by atoms with Gasteiger partial charge in [-0.25, -0.2) is 0 Å². The number of Topliss-reactive ketones (excluding diaryl/α,β-unsaturated/α-hetero) is 1. The summed E-state index contributed by atoms with van der Waals surface area (Å²) in [5.41, 5.74) is 1.75. The average Bonchev–Trinajstić information content (AvgIpc) is 2.79. The van der Waals surface area contributed by atoms with Crippen LogP contribution in [0.25, 0.3) is 0 Å². The lowest BCUT2D eigenvalue weighted by Gasteiger charge is -2.16. The Labute approximate surface area is 187 Å². The largest absolute Gasteiger partial charge is 0.489 e. The van der Waals surface area contributed by atoms with Crippen molar-refractivity contribution in [1.29, 1.82) is 0 Å². The van der Waals surface area contributed by atoms with Crippen LogP contribution in [-0.2, 0) is 20.9 Å². The van der Waals surface area contributed by atoms with Crippen LogP contribution in [0.2, 0.25) is 0 Å². The van der Waals surface area contributed by atoms with E-state index in [1.54, 1.807) is 19.1 Å². The summed E-state index contributed by atoms with van der Waals surface area (Å²) in [5, 5.41) is 0. The highest BCUT2D eigenvalue weighted by molar-refractivity contribution is 6.04. The van der Waals surface area contributed by atoms with Gasteiger partial charge in [0.15, 0.2) is 5.78 Å². The molecule has 0 aliphatic heterocycles. The maximum atomic E-state index is 12.9. The third kappa shape index (κ3) is 8.95. The molecule has 31 heavy (non-hydrogen) atoms. The molecule has 0 bridgehead atoms. The van der Waals surface area contributed by atoms with Crippen molar-refractivity contribution in [2.75, 3.05) is 6.61 Å². The predicted molar refractivity (Wildman–Crippen MR) is 124 cm³/mol. The summed E-state index contributed by atoms with van der Waals surface area (Å²) >= 11 is 0. The molecule has 0 aliphatic carbocycles. The second-order valence-electron chi connectivity index (χ2n) is 7.87. The Kier molecular flexibility index (Phi) is 11.4. The van der Waals surface area contributed by atoms with E-state index in [1.165, 1.54) is 25.7 Å². The summed E-state index contributed by atoms with van der Waals surface area (Å²) < 4.78 is 11.0. The fourth-order valence-corrected chi connectivity index (χ4v) is 3.58. The molecule has 0 saturated heterocycles. The van der Waals surface area contributed by atoms with E-state index in [0.29, 0.717) is 24.3 Å². The first-order chi connectivity index (χ1) is 15.2. The van der Waals surface area contributed by atoms with E-state index < -0.39 is 11.9 Å². The Morgan fingerprint density at radius 2 is 1.45 bits per heavy atom. The topological polar surface area (TPSA) is 52.6 Å². The molecule has 0 heterocycles. The Balaban J connectivity index is 1.92. The minimum absolute atomic E-state index is 0.0648. The molecule has 0 saturated carbocycles. The van der Waals surface area contributed by atoms with Crippen LogP contribution in [0.1, 0.15) is 82.3 Å². The molecule has 0 fully saturated rings. The van der Waals surface area contributed by atoms with E-state index >= 15 is 0 Å². The van der Waals surface area contributed by atoms with Gasteiger partial charge in [-0.3, -0.25) is 9.59 Å². The van der Waals surface area contributed by atoms with Crippen molar-refractivity contribution in [3.8, 4) is 5.75 Å². The number of carbonyl (C=O) groups is 2. The van der Waals surface area contributed by atoms with Crippen molar-refractivity contribution >= 4 is 11.8 Å². The van der Waals surface area contributed by atoms with E-state index in [4.69, 9.17) is 9.47 Å². The van der Waals surface area contributed by atoms with Crippen LogP contribution in [0.3, 0.4) is 0 Å². The monoisotopic (exact) mass is 424 g/mol. The molecule has 4 nitrogen and oxygen atoms in total. The molecule has 2 aromatic carbocycles. The maximum absolute atomic E-state index is 12.9. The quantitative estimate of drug-likeness (QED) is 0.183. The second-order valence-corrected chi connectivity index (χ2v) is 7.87. The fourth-order valence-electron chi connectivity index (χ4n) is 3.58. The van der Waals surface area contributed by atoms with Crippen molar-refractivity contribution in [2.24, 2.45) is 0 Å². The average molecular weight is 425 g/mol. The molecule has 0 spiro atoms. The predicted octanol–water partition coefficient (Wildman–Crippen LogP) is 6.62. The molecule has 2 rings (SSSR count). The van der Waals surface area contributed by atoms with Crippen molar-refractivity contribution in [3.05, 3.63) is 65.7 Å². The molecule has 0 radical (unpaired) electrons. The van der Waals surface area contributed by atoms with Crippen LogP contribution >= 0.6 is 0 Å². The number of unbranched alkanes of at least 4 members (excludes halogenated alkanes) is 6. The van der Waals surface area contributed by atoms with Gasteiger partial charge in [-0.1, -0.05) is 87.9 Å². The molecule has 1 unspecified atom stereocenters. The summed E-state index contributed by atoms with van der Waals surface area (Å²) in [5.74, 6) is -0.684. The molecule has 0 aromatic heterocycles. The van der Waals surface area contributed by atoms with Crippen LogP contribution in [0, 0.1) is 0 Å². The van der Waals surface area contributed by atoms with Crippen molar-refractivity contribution < 1.29 is 19.1 Å². The number of benzene rings is 2. The Hall–Kier alpha value is -2.62. The Bertz CT molecular complexity index is 768. The van der Waals surface area contributed by atoms with E-state index in [9.17, 15) is 9.59 Å². The highest BCUT2D eigenvalue weighted by Crippen LogP contribution is 2.25. The molecule has 0 N–H and O–H groups in total. The van der Waals surface area contributed by atoms with Gasteiger partial charge in [0, 0.05) is 6.42 Å². The summed E-state index contributed by atoms with van der Waals surface area (Å²) in [6, 6.07) is 17.1. The molecule has 168 valence electrons. The van der Waals surface area contributed by atoms with E-state index in [2.05, 4.69) is 6.92 Å². The van der Waals surface area contributed by atoms with Gasteiger partial charge in [-0.2, -0.15) is 0 Å². The lowest BCUT2D eigenvalue weighted by Crippen LogP contribution is -2.24. The first-order valence-corrected chi connectivity index (χ1v) is 11.6. The summed E-state index contributed by atoms with van der Waals surface area (Å²) in [6.07, 6.45) is 8.37. The smallest absolute Gasteiger partial charge is 0.321 e. The highest BCUT2D eigenvalue weighted by atomic mass is 16.5. The van der Waals surface area contributed by atoms with E-state index in [1.807, 2.05) is 42.5 Å². The van der Waals surface area contributed by atoms with Crippen molar-refractivity contribution in [3.63, 3.8) is 0 Å². The number of esters is 1. The lowest BCUT2D eigenvalue weighted by molar-refractivity contribution is -0.147. The van der Waals surface area contributed by atoms with Crippen LogP contribution in [0.5, 0.6) is 5.75 Å². The zero-order chi connectivity index (χ0) is 22.3. The molecule has 2 aromatic rings. The van der Waals surface area contributed by atoms with Crippen molar-refractivity contribution in [1.82, 2.24) is 0 Å². The van der Waals surface area contributed by atoms with Gasteiger partial charge in [0.05, 0.1) is 6.61 Å². The molecule has 1 atom stereocenters. The van der Waals surface area contributed by atoms with Crippen LogP contribution in [0.15, 0.2) is 54.6 Å². The lowest BCUT2D eigenvalue weighted by atomic mass is 9.91. The van der Waals surface area contributed by atoms with Gasteiger partial charge in [-0.05, 0) is 36.6 Å². The summed E-state index contributed by atoms with van der Waals surface area (Å²) in [4.78, 5) is 25.4. The Morgan fingerprint density at radius 3 is 2.10 bits per heavy atom. The van der Waals surface area contributed by atoms with Gasteiger partial charge in [0.1, 0.15) is 18.3 Å². The first kappa shape index (κ1) is 24.6. The molecular weight excluding hydrogens is 388 g/mol. The first-order valence-electron chi connectivity index (χ1n) is 11.6. The minimum atomic E-state index is -0.858. The standard InChI is InChI=1S/C27H36O4/c1-3-5-6-7-8-9-13-16-25(28)26(27(29)30-4-2)23-17-19-24(20-18-23)31-21-22-14-11-10-12-15-22/h10-12,14-15,17-20,26H,3-9,13,16,21H2,1-2H3. The number of rotatable bonds is 15. The van der Waals surface area contributed by atoms with E-state index in [-0.39, 0.29) is 12.4 Å². The maximum Gasteiger partial charge on any atom is 0.321 e. The van der Waals surface area contributed by atoms with Gasteiger partial charge in [-0.15, -0.1) is 0 Å². The zero-order valence-corrected chi connectivity index (χ0v) is 19.0. The number of hydrogen-bond donors (Lipinski definition) is 0. The molecular formula is C27H36O4. The van der Waals surface area contributed by atoms with E-state index in [0.717, 1.165) is 24.8 Å². The SMILES string of the molecule is CCCCCCCCCC(=O)C(C(=O)OCC)c1ccc(OCc2ccccc2)cc1. The normalized spacial score (nSPS) is 11.7. The Morgan fingerprint density at radius 1 is 0.806 bits per heavy atom. The number of carbonyl (C=O) groups excluding carboxylic acids is 2. The van der Waals surface area contributed by atoms with Crippen molar-refractivity contribution in [2.45, 2.75) is 77.7 Å². The third-order valence-corrected chi connectivity index (χ3v) is 5.33. The van der Waals surface area contributed by atoms with Crippen LogP contribution in [0.4, 0.5) is 0 Å². The van der Waals surface area contributed by atoms with Crippen LogP contribution < -0.4 is 4.74 Å². The number of ether oxygens (including phenoxy) is 2. The molecule has 0 amide bonds. The molecule has 4 heteroatoms. The van der Waals surface area contributed by atoms with Gasteiger partial charge in [0.25, 0.3) is 0 Å². The van der Waals surface area contributed by atoms with Crippen LogP contribution in [-0.4, -0.2) is 18.4 Å². The van der Waals surface area contributed by atoms with Gasteiger partial charge >= 0.3 is 5.97 Å². The second kappa shape index (κ2) is 14.4. The number of hydrogen-bond acceptors (Lipinski definition) is 4. The zero-order valence-electron chi connectivity index (χ0n) is 19.0. The third-order valence-electron chi connectivity index (χ3n) is 5.33.